The minimum Gasteiger partial charge on any atom is -0.392 e. The van der Waals surface area contributed by atoms with Crippen LogP contribution in [0.5, 0.6) is 0 Å². The van der Waals surface area contributed by atoms with Crippen LogP contribution in [0, 0.1) is 11.3 Å². The first-order chi connectivity index (χ1) is 5.42. The smallest absolute Gasteiger partial charge is 0.135 e. The van der Waals surface area contributed by atoms with Crippen molar-refractivity contribution in [3.63, 3.8) is 0 Å². The topological polar surface area (TPSA) is 37.3 Å². The van der Waals surface area contributed by atoms with Gasteiger partial charge in [0.05, 0.1) is 6.10 Å². The van der Waals surface area contributed by atoms with Crippen molar-refractivity contribution in [2.75, 3.05) is 0 Å². The van der Waals surface area contributed by atoms with E-state index in [4.69, 9.17) is 0 Å². The van der Waals surface area contributed by atoms with Crippen LogP contribution in [0.15, 0.2) is 0 Å². The molecule has 0 heterocycles. The number of aliphatic hydroxyl groups excluding tert-OH is 1. The summed E-state index contributed by atoms with van der Waals surface area (Å²) in [4.78, 5) is 11.1. The summed E-state index contributed by atoms with van der Waals surface area (Å²) in [6.45, 7) is 5.87. The van der Waals surface area contributed by atoms with Gasteiger partial charge < -0.3 is 5.11 Å². The molecular formula is C10H18O2. The first-order valence-electron chi connectivity index (χ1n) is 4.61. The van der Waals surface area contributed by atoms with Crippen LogP contribution >= 0.6 is 0 Å². The van der Waals surface area contributed by atoms with Crippen molar-refractivity contribution in [1.82, 2.24) is 0 Å². The van der Waals surface area contributed by atoms with Gasteiger partial charge in [-0.25, -0.2) is 0 Å². The lowest BCUT2D eigenvalue weighted by molar-refractivity contribution is -0.127. The fraction of sp³-hybridized carbons (Fsp3) is 0.900. The number of ketones is 1. The molecule has 0 aromatic rings. The molecule has 2 unspecified atom stereocenters. The second kappa shape index (κ2) is 3.17. The first-order valence-corrected chi connectivity index (χ1v) is 4.61. The highest BCUT2D eigenvalue weighted by atomic mass is 16.3. The predicted molar refractivity (Wildman–Crippen MR) is 47.8 cm³/mol. The maximum Gasteiger partial charge on any atom is 0.135 e. The van der Waals surface area contributed by atoms with Crippen LogP contribution in [0.25, 0.3) is 0 Å². The third kappa shape index (κ3) is 2.07. The molecule has 1 rings (SSSR count). The highest BCUT2D eigenvalue weighted by Crippen LogP contribution is 2.38. The van der Waals surface area contributed by atoms with Gasteiger partial charge in [-0.15, -0.1) is 0 Å². The Labute approximate surface area is 74.0 Å². The second-order valence-corrected chi connectivity index (χ2v) is 4.69. The molecule has 12 heavy (non-hydrogen) atoms. The van der Waals surface area contributed by atoms with Crippen molar-refractivity contribution >= 4 is 5.78 Å². The van der Waals surface area contributed by atoms with E-state index in [1.807, 2.05) is 0 Å². The molecule has 0 aromatic carbocycles. The summed E-state index contributed by atoms with van der Waals surface area (Å²) in [5.74, 6) is 0.0380. The fourth-order valence-electron chi connectivity index (χ4n) is 2.02. The number of hydrogen-bond donors (Lipinski definition) is 1. The van der Waals surface area contributed by atoms with Gasteiger partial charge in [0.25, 0.3) is 0 Å². The summed E-state index contributed by atoms with van der Waals surface area (Å²) in [6.07, 6.45) is 2.25. The molecule has 0 aromatic heterocycles. The largest absolute Gasteiger partial charge is 0.392 e. The summed E-state index contributed by atoms with van der Waals surface area (Å²) in [7, 11) is 0. The van der Waals surface area contributed by atoms with Gasteiger partial charge >= 0.3 is 0 Å². The lowest BCUT2D eigenvalue weighted by Crippen LogP contribution is -2.37. The summed E-state index contributed by atoms with van der Waals surface area (Å²) in [5.41, 5.74) is 0.214. The quantitative estimate of drug-likeness (QED) is 0.651. The Bertz CT molecular complexity index is 184. The van der Waals surface area contributed by atoms with Crippen molar-refractivity contribution < 1.29 is 9.90 Å². The summed E-state index contributed by atoms with van der Waals surface area (Å²) in [6, 6.07) is 0. The van der Waals surface area contributed by atoms with E-state index in [1.165, 1.54) is 0 Å². The number of hydrogen-bond acceptors (Lipinski definition) is 2. The Hall–Kier alpha value is -0.370. The highest BCUT2D eigenvalue weighted by molar-refractivity contribution is 5.78. The third-order valence-corrected chi connectivity index (χ3v) is 2.88. The van der Waals surface area contributed by atoms with Gasteiger partial charge in [0.15, 0.2) is 0 Å². The van der Waals surface area contributed by atoms with Gasteiger partial charge in [0.2, 0.25) is 0 Å². The van der Waals surface area contributed by atoms with E-state index >= 15 is 0 Å². The van der Waals surface area contributed by atoms with E-state index in [0.29, 0.717) is 0 Å². The van der Waals surface area contributed by atoms with E-state index in [-0.39, 0.29) is 17.1 Å². The Morgan fingerprint density at radius 2 is 2.08 bits per heavy atom. The zero-order chi connectivity index (χ0) is 9.35. The van der Waals surface area contributed by atoms with Crippen LogP contribution < -0.4 is 0 Å². The molecule has 0 spiro atoms. The van der Waals surface area contributed by atoms with Crippen molar-refractivity contribution in [3.8, 4) is 0 Å². The molecule has 0 bridgehead atoms. The molecule has 1 saturated carbocycles. The van der Waals surface area contributed by atoms with Crippen molar-refractivity contribution in [2.24, 2.45) is 11.3 Å². The maximum absolute atomic E-state index is 11.1. The van der Waals surface area contributed by atoms with Gasteiger partial charge in [-0.2, -0.15) is 0 Å². The van der Waals surface area contributed by atoms with E-state index in [2.05, 4.69) is 13.8 Å². The molecule has 2 nitrogen and oxygen atoms in total. The normalized spacial score (nSPS) is 34.7. The fourth-order valence-corrected chi connectivity index (χ4v) is 2.02. The molecule has 0 saturated heterocycles. The van der Waals surface area contributed by atoms with Gasteiger partial charge in [-0.1, -0.05) is 13.8 Å². The lowest BCUT2D eigenvalue weighted by Gasteiger charge is -2.37. The molecule has 1 N–H and O–H groups in total. The molecule has 0 aliphatic heterocycles. The van der Waals surface area contributed by atoms with Gasteiger partial charge in [-0.3, -0.25) is 4.79 Å². The lowest BCUT2D eigenvalue weighted by atomic mass is 9.70. The molecule has 2 atom stereocenters. The maximum atomic E-state index is 11.1. The molecular weight excluding hydrogens is 152 g/mol. The Balaban J connectivity index is 2.60. The van der Waals surface area contributed by atoms with E-state index in [9.17, 15) is 9.90 Å². The molecule has 2 heteroatoms. The van der Waals surface area contributed by atoms with Crippen LogP contribution in [0.1, 0.15) is 40.0 Å². The summed E-state index contributed by atoms with van der Waals surface area (Å²) < 4.78 is 0. The number of aliphatic hydroxyl groups is 1. The number of rotatable bonds is 1. The van der Waals surface area contributed by atoms with Gasteiger partial charge in [0.1, 0.15) is 5.78 Å². The Morgan fingerprint density at radius 1 is 1.50 bits per heavy atom. The summed E-state index contributed by atoms with van der Waals surface area (Å²) >= 11 is 0. The monoisotopic (exact) mass is 170 g/mol. The van der Waals surface area contributed by atoms with E-state index in [0.717, 1.165) is 19.3 Å². The molecule has 70 valence electrons. The molecule has 1 aliphatic carbocycles. The van der Waals surface area contributed by atoms with Gasteiger partial charge in [0, 0.05) is 5.92 Å². The molecule has 1 fully saturated rings. The van der Waals surface area contributed by atoms with Crippen molar-refractivity contribution in [2.45, 2.75) is 46.1 Å². The zero-order valence-corrected chi connectivity index (χ0v) is 8.13. The molecule has 0 amide bonds. The minimum absolute atomic E-state index is 0.0991. The average Bonchev–Trinajstić information content (AvgIpc) is 1.83. The Kier molecular flexibility index (Phi) is 2.57. The Morgan fingerprint density at radius 3 is 2.50 bits per heavy atom. The van der Waals surface area contributed by atoms with Crippen LogP contribution in [0.2, 0.25) is 0 Å². The van der Waals surface area contributed by atoms with Crippen LogP contribution in [-0.4, -0.2) is 17.0 Å². The van der Waals surface area contributed by atoms with Crippen molar-refractivity contribution in [1.29, 1.82) is 0 Å². The molecule has 0 radical (unpaired) electrons. The number of carbonyl (C=O) groups excluding carboxylic acids is 1. The predicted octanol–water partition coefficient (Wildman–Crippen LogP) is 1.76. The van der Waals surface area contributed by atoms with Crippen molar-refractivity contribution in [3.05, 3.63) is 0 Å². The van der Waals surface area contributed by atoms with Crippen LogP contribution in [0.4, 0.5) is 0 Å². The second-order valence-electron chi connectivity index (χ2n) is 4.69. The average molecular weight is 170 g/mol. The highest BCUT2D eigenvalue weighted by Gasteiger charge is 2.35. The van der Waals surface area contributed by atoms with Crippen LogP contribution in [-0.2, 0) is 4.79 Å². The first kappa shape index (κ1) is 9.72. The number of carbonyl (C=O) groups is 1. The SMILES string of the molecule is CC(=O)C1CCC(C)(C)CC1O. The number of Topliss-reactive ketones (excluding diaryl/α,β-unsaturated/α-hetero) is 1. The van der Waals surface area contributed by atoms with E-state index in [1.54, 1.807) is 6.92 Å². The summed E-state index contributed by atoms with van der Waals surface area (Å²) in [5, 5.41) is 9.65. The zero-order valence-electron chi connectivity index (χ0n) is 8.13. The standard InChI is InChI=1S/C10H18O2/c1-7(11)8-4-5-10(2,3)6-9(8)12/h8-9,12H,4-6H2,1-3H3. The minimum atomic E-state index is -0.411. The molecule has 1 aliphatic rings. The van der Waals surface area contributed by atoms with E-state index < -0.39 is 6.10 Å². The van der Waals surface area contributed by atoms with Gasteiger partial charge in [-0.05, 0) is 31.6 Å². The van der Waals surface area contributed by atoms with Crippen LogP contribution in [0.3, 0.4) is 0 Å². The third-order valence-electron chi connectivity index (χ3n) is 2.88.